The number of nitrogens with zero attached hydrogens (tertiary/aromatic N) is 2. The summed E-state index contributed by atoms with van der Waals surface area (Å²) in [5.74, 6) is 0.952. The predicted octanol–water partition coefficient (Wildman–Crippen LogP) is 3.20. The lowest BCUT2D eigenvalue weighted by Crippen LogP contribution is -1.99. The SMILES string of the molecule is Cc1nc(I)c(I)n1-c1ccc(C=O)cc1. The molecule has 0 N–H and O–H groups in total. The fourth-order valence-corrected chi connectivity index (χ4v) is 2.81. The zero-order valence-electron chi connectivity index (χ0n) is 8.45. The summed E-state index contributed by atoms with van der Waals surface area (Å²) in [7, 11) is 0. The second-order valence-corrected chi connectivity index (χ2v) is 5.33. The van der Waals surface area contributed by atoms with Gasteiger partial charge in [-0.3, -0.25) is 9.36 Å². The van der Waals surface area contributed by atoms with Crippen LogP contribution in [0.1, 0.15) is 16.2 Å². The number of carbonyl (C=O) groups excluding carboxylic acids is 1. The van der Waals surface area contributed by atoms with E-state index in [1.54, 1.807) is 0 Å². The van der Waals surface area contributed by atoms with Crippen molar-refractivity contribution in [3.63, 3.8) is 0 Å². The van der Waals surface area contributed by atoms with E-state index in [0.717, 1.165) is 25.2 Å². The van der Waals surface area contributed by atoms with Gasteiger partial charge in [0.15, 0.2) is 0 Å². The van der Waals surface area contributed by atoms with Gasteiger partial charge in [0.2, 0.25) is 0 Å². The normalized spacial score (nSPS) is 10.4. The molecule has 0 fully saturated rings. The molecule has 0 saturated heterocycles. The van der Waals surface area contributed by atoms with Crippen LogP contribution in [-0.2, 0) is 0 Å². The maximum Gasteiger partial charge on any atom is 0.150 e. The van der Waals surface area contributed by atoms with Crippen molar-refractivity contribution in [1.82, 2.24) is 9.55 Å². The molecule has 0 atom stereocenters. The van der Waals surface area contributed by atoms with E-state index in [4.69, 9.17) is 0 Å². The number of aldehydes is 1. The van der Waals surface area contributed by atoms with E-state index in [0.29, 0.717) is 5.56 Å². The van der Waals surface area contributed by atoms with Crippen molar-refractivity contribution < 1.29 is 4.79 Å². The summed E-state index contributed by atoms with van der Waals surface area (Å²) in [6.45, 7) is 1.97. The number of carbonyl (C=O) groups is 1. The third-order valence-electron chi connectivity index (χ3n) is 2.24. The highest BCUT2D eigenvalue weighted by Crippen LogP contribution is 2.21. The second-order valence-electron chi connectivity index (χ2n) is 3.29. The number of imidazole rings is 1. The number of halogens is 2. The molecule has 1 aromatic carbocycles. The Morgan fingerprint density at radius 3 is 2.31 bits per heavy atom. The average Bonchev–Trinajstić information content (AvgIpc) is 2.54. The molecule has 1 aromatic heterocycles. The molecule has 82 valence electrons. The van der Waals surface area contributed by atoms with Gasteiger partial charge in [-0.2, -0.15) is 0 Å². The molecule has 5 heteroatoms. The van der Waals surface area contributed by atoms with Gasteiger partial charge in [-0.1, -0.05) is 0 Å². The van der Waals surface area contributed by atoms with Crippen molar-refractivity contribution in [3.8, 4) is 5.69 Å². The van der Waals surface area contributed by atoms with Crippen molar-refractivity contribution in [3.05, 3.63) is 43.1 Å². The summed E-state index contributed by atoms with van der Waals surface area (Å²) in [5.41, 5.74) is 1.72. The van der Waals surface area contributed by atoms with Gasteiger partial charge in [-0.25, -0.2) is 4.98 Å². The van der Waals surface area contributed by atoms with Crippen LogP contribution in [0.2, 0.25) is 0 Å². The Morgan fingerprint density at radius 1 is 1.25 bits per heavy atom. The highest BCUT2D eigenvalue weighted by atomic mass is 127. The molecule has 0 aliphatic rings. The van der Waals surface area contributed by atoms with Crippen molar-refractivity contribution >= 4 is 51.5 Å². The van der Waals surface area contributed by atoms with Gasteiger partial charge in [0, 0.05) is 11.3 Å². The molecule has 0 unspecified atom stereocenters. The highest BCUT2D eigenvalue weighted by molar-refractivity contribution is 14.1. The number of rotatable bonds is 2. The summed E-state index contributed by atoms with van der Waals surface area (Å²) in [6, 6.07) is 7.47. The Morgan fingerprint density at radius 2 is 1.88 bits per heavy atom. The molecule has 0 bridgehead atoms. The van der Waals surface area contributed by atoms with Crippen LogP contribution >= 0.6 is 45.2 Å². The monoisotopic (exact) mass is 438 g/mol. The molecule has 2 rings (SSSR count). The van der Waals surface area contributed by atoms with Crippen molar-refractivity contribution in [2.75, 3.05) is 0 Å². The second kappa shape index (κ2) is 4.82. The Labute approximate surface area is 121 Å². The van der Waals surface area contributed by atoms with Crippen LogP contribution in [0, 0.1) is 14.3 Å². The predicted molar refractivity (Wildman–Crippen MR) is 79.1 cm³/mol. The van der Waals surface area contributed by atoms with E-state index in [1.165, 1.54) is 0 Å². The molecule has 0 aliphatic heterocycles. The molecule has 0 aliphatic carbocycles. The van der Waals surface area contributed by atoms with Crippen molar-refractivity contribution in [2.45, 2.75) is 6.92 Å². The quantitative estimate of drug-likeness (QED) is 0.534. The van der Waals surface area contributed by atoms with Crippen LogP contribution in [0.3, 0.4) is 0 Å². The molecule has 1 heterocycles. The van der Waals surface area contributed by atoms with E-state index in [1.807, 2.05) is 31.2 Å². The van der Waals surface area contributed by atoms with Gasteiger partial charge in [-0.15, -0.1) is 0 Å². The van der Waals surface area contributed by atoms with Crippen molar-refractivity contribution in [1.29, 1.82) is 0 Å². The minimum atomic E-state index is 0.686. The smallest absolute Gasteiger partial charge is 0.150 e. The standard InChI is InChI=1S/C11H8I2N2O/c1-7-14-10(12)11(13)15(7)9-4-2-8(6-16)3-5-9/h2-6H,1H3. The fourth-order valence-electron chi connectivity index (χ4n) is 1.47. The van der Waals surface area contributed by atoms with E-state index >= 15 is 0 Å². The number of aromatic nitrogens is 2. The lowest BCUT2D eigenvalue weighted by molar-refractivity contribution is 0.112. The third-order valence-corrected chi connectivity index (χ3v) is 5.01. The Kier molecular flexibility index (Phi) is 3.63. The Bertz CT molecular complexity index is 532. The molecular formula is C11H8I2N2O. The largest absolute Gasteiger partial charge is 0.298 e. The van der Waals surface area contributed by atoms with Crippen LogP contribution in [-0.4, -0.2) is 15.8 Å². The molecule has 0 saturated carbocycles. The first-order valence-electron chi connectivity index (χ1n) is 4.59. The number of hydrogen-bond donors (Lipinski definition) is 0. The minimum Gasteiger partial charge on any atom is -0.298 e. The lowest BCUT2D eigenvalue weighted by Gasteiger charge is -2.06. The average molecular weight is 438 g/mol. The van der Waals surface area contributed by atoms with E-state index < -0.39 is 0 Å². The van der Waals surface area contributed by atoms with E-state index in [2.05, 4.69) is 54.7 Å². The summed E-state index contributed by atoms with van der Waals surface area (Å²) < 4.78 is 4.15. The molecule has 0 radical (unpaired) electrons. The van der Waals surface area contributed by atoms with Gasteiger partial charge in [-0.05, 0) is 76.4 Å². The zero-order valence-corrected chi connectivity index (χ0v) is 12.8. The Balaban J connectivity index is 2.54. The number of hydrogen-bond acceptors (Lipinski definition) is 2. The lowest BCUT2D eigenvalue weighted by atomic mass is 10.2. The topological polar surface area (TPSA) is 34.9 Å². The maximum absolute atomic E-state index is 10.6. The van der Waals surface area contributed by atoms with E-state index in [-0.39, 0.29) is 0 Å². The first-order chi connectivity index (χ1) is 7.63. The molecule has 3 nitrogen and oxygen atoms in total. The van der Waals surface area contributed by atoms with Crippen LogP contribution in [0.4, 0.5) is 0 Å². The number of benzene rings is 1. The van der Waals surface area contributed by atoms with Crippen LogP contribution in [0.25, 0.3) is 5.69 Å². The van der Waals surface area contributed by atoms with Crippen molar-refractivity contribution in [2.24, 2.45) is 0 Å². The minimum absolute atomic E-state index is 0.686. The molecule has 16 heavy (non-hydrogen) atoms. The van der Waals surface area contributed by atoms with Gasteiger partial charge in [0.1, 0.15) is 19.5 Å². The highest BCUT2D eigenvalue weighted by Gasteiger charge is 2.11. The molecular weight excluding hydrogens is 430 g/mol. The third kappa shape index (κ3) is 2.15. The van der Waals surface area contributed by atoms with E-state index in [9.17, 15) is 4.79 Å². The molecule has 2 aromatic rings. The van der Waals surface area contributed by atoms with Gasteiger partial charge in [0.05, 0.1) is 0 Å². The van der Waals surface area contributed by atoms with Gasteiger partial charge in [0.25, 0.3) is 0 Å². The summed E-state index contributed by atoms with van der Waals surface area (Å²) in [4.78, 5) is 15.0. The maximum atomic E-state index is 10.6. The summed E-state index contributed by atoms with van der Waals surface area (Å²) in [5, 5.41) is 0. The molecule has 0 amide bonds. The first-order valence-corrected chi connectivity index (χ1v) is 6.75. The zero-order chi connectivity index (χ0) is 11.7. The van der Waals surface area contributed by atoms with Crippen LogP contribution in [0.15, 0.2) is 24.3 Å². The summed E-state index contributed by atoms with van der Waals surface area (Å²) in [6.07, 6.45) is 0.846. The Hall–Kier alpha value is -0.440. The van der Waals surface area contributed by atoms with Crippen LogP contribution < -0.4 is 0 Å². The summed E-state index contributed by atoms with van der Waals surface area (Å²) >= 11 is 4.49. The fraction of sp³-hybridized carbons (Fsp3) is 0.0909. The molecule has 0 spiro atoms. The van der Waals surface area contributed by atoms with Gasteiger partial charge >= 0.3 is 0 Å². The first kappa shape index (κ1) is 12.0. The van der Waals surface area contributed by atoms with Gasteiger partial charge < -0.3 is 0 Å². The number of aryl methyl sites for hydroxylation is 1. The van der Waals surface area contributed by atoms with Crippen LogP contribution in [0.5, 0.6) is 0 Å².